The van der Waals surface area contributed by atoms with E-state index >= 15 is 0 Å². The van der Waals surface area contributed by atoms with Gasteiger partial charge in [0.2, 0.25) is 0 Å². The van der Waals surface area contributed by atoms with Crippen LogP contribution in [0.3, 0.4) is 0 Å². The van der Waals surface area contributed by atoms with Crippen molar-refractivity contribution in [1.29, 1.82) is 0 Å². The zero-order valence-corrected chi connectivity index (χ0v) is 13.6. The van der Waals surface area contributed by atoms with Gasteiger partial charge in [-0.25, -0.2) is 9.97 Å². The molecule has 100 valence electrons. The summed E-state index contributed by atoms with van der Waals surface area (Å²) in [5, 5.41) is 4.12. The standard InChI is InChI=1S/C13H12BrCl2N3/c1-3-9-11(14)13(17-2)19-12(18-9)10-7(15)5-4-6-8(10)16/h4-6H,3H2,1-2H3,(H,17,18,19). The normalized spacial score (nSPS) is 10.6. The smallest absolute Gasteiger partial charge is 0.164 e. The molecule has 0 radical (unpaired) electrons. The number of rotatable bonds is 3. The Morgan fingerprint density at radius 2 is 1.84 bits per heavy atom. The molecule has 3 nitrogen and oxygen atoms in total. The number of aromatic nitrogens is 2. The Labute approximate surface area is 130 Å². The summed E-state index contributed by atoms with van der Waals surface area (Å²) in [6.07, 6.45) is 0.785. The Morgan fingerprint density at radius 1 is 1.21 bits per heavy atom. The molecule has 0 aliphatic carbocycles. The molecule has 1 N–H and O–H groups in total. The van der Waals surface area contributed by atoms with Gasteiger partial charge >= 0.3 is 0 Å². The van der Waals surface area contributed by atoms with Crippen molar-refractivity contribution in [1.82, 2.24) is 9.97 Å². The van der Waals surface area contributed by atoms with E-state index in [4.69, 9.17) is 23.2 Å². The highest BCUT2D eigenvalue weighted by Crippen LogP contribution is 2.35. The second-order valence-corrected chi connectivity index (χ2v) is 5.46. The summed E-state index contributed by atoms with van der Waals surface area (Å²) < 4.78 is 0.865. The SMILES string of the molecule is CCc1nc(-c2c(Cl)cccc2Cl)nc(NC)c1Br. The molecule has 2 rings (SSSR count). The number of anilines is 1. The number of aryl methyl sites for hydroxylation is 1. The largest absolute Gasteiger partial charge is 0.372 e. The number of halogens is 3. The fourth-order valence-corrected chi connectivity index (χ4v) is 2.94. The summed E-state index contributed by atoms with van der Waals surface area (Å²) >= 11 is 15.9. The topological polar surface area (TPSA) is 37.8 Å². The molecule has 0 aliphatic rings. The monoisotopic (exact) mass is 359 g/mol. The van der Waals surface area contributed by atoms with Gasteiger partial charge in [0.05, 0.1) is 25.8 Å². The van der Waals surface area contributed by atoms with E-state index in [1.165, 1.54) is 0 Å². The predicted octanol–water partition coefficient (Wildman–Crippen LogP) is 4.82. The van der Waals surface area contributed by atoms with Gasteiger partial charge < -0.3 is 5.32 Å². The second kappa shape index (κ2) is 6.07. The number of hydrogen-bond donors (Lipinski definition) is 1. The first kappa shape index (κ1) is 14.6. The number of nitrogens with zero attached hydrogens (tertiary/aromatic N) is 2. The van der Waals surface area contributed by atoms with Crippen LogP contribution in [0.2, 0.25) is 10.0 Å². The van der Waals surface area contributed by atoms with E-state index in [1.807, 2.05) is 14.0 Å². The van der Waals surface area contributed by atoms with E-state index < -0.39 is 0 Å². The van der Waals surface area contributed by atoms with Crippen LogP contribution in [-0.4, -0.2) is 17.0 Å². The molecule has 0 fully saturated rings. The van der Waals surface area contributed by atoms with Gasteiger partial charge in [-0.1, -0.05) is 36.2 Å². The van der Waals surface area contributed by atoms with Gasteiger partial charge in [0.1, 0.15) is 5.82 Å². The third-order valence-corrected chi connectivity index (χ3v) is 4.14. The first-order valence-corrected chi connectivity index (χ1v) is 7.31. The summed E-state index contributed by atoms with van der Waals surface area (Å²) in [4.78, 5) is 8.98. The minimum atomic E-state index is 0.528. The highest BCUT2D eigenvalue weighted by Gasteiger charge is 2.16. The molecule has 0 unspecified atom stereocenters. The van der Waals surface area contributed by atoms with Crippen molar-refractivity contribution in [2.45, 2.75) is 13.3 Å². The molecular formula is C13H12BrCl2N3. The molecule has 0 bridgehead atoms. The molecule has 0 spiro atoms. The summed E-state index contributed by atoms with van der Waals surface area (Å²) in [7, 11) is 1.81. The lowest BCUT2D eigenvalue weighted by atomic mass is 10.2. The third-order valence-electron chi connectivity index (χ3n) is 2.68. The molecule has 0 saturated carbocycles. The van der Waals surface area contributed by atoms with Crippen LogP contribution in [0.4, 0.5) is 5.82 Å². The maximum Gasteiger partial charge on any atom is 0.164 e. The van der Waals surface area contributed by atoms with E-state index in [2.05, 4.69) is 31.2 Å². The Bertz CT molecular complexity index is 572. The first-order valence-electron chi connectivity index (χ1n) is 5.77. The van der Waals surface area contributed by atoms with E-state index in [-0.39, 0.29) is 0 Å². The minimum absolute atomic E-state index is 0.528. The fourth-order valence-electron chi connectivity index (χ4n) is 1.72. The molecule has 0 amide bonds. The lowest BCUT2D eigenvalue weighted by Gasteiger charge is -2.11. The van der Waals surface area contributed by atoms with Gasteiger partial charge in [-0.15, -0.1) is 0 Å². The molecule has 0 aliphatic heterocycles. The van der Waals surface area contributed by atoms with E-state index in [0.29, 0.717) is 21.4 Å². The Balaban J connectivity index is 2.69. The quantitative estimate of drug-likeness (QED) is 0.852. The van der Waals surface area contributed by atoms with Gasteiger partial charge in [-0.2, -0.15) is 0 Å². The van der Waals surface area contributed by atoms with Crippen LogP contribution >= 0.6 is 39.1 Å². The zero-order chi connectivity index (χ0) is 14.0. The molecule has 0 atom stereocenters. The Kier molecular flexibility index (Phi) is 4.66. The summed E-state index contributed by atoms with van der Waals surface area (Å²) in [5.41, 5.74) is 1.56. The average Bonchev–Trinajstić information content (AvgIpc) is 2.40. The maximum atomic E-state index is 6.20. The van der Waals surface area contributed by atoms with Crippen LogP contribution in [-0.2, 0) is 6.42 Å². The summed E-state index contributed by atoms with van der Waals surface area (Å²) in [6.45, 7) is 2.03. The third kappa shape index (κ3) is 2.86. The molecule has 19 heavy (non-hydrogen) atoms. The van der Waals surface area contributed by atoms with Crippen molar-refractivity contribution in [2.24, 2.45) is 0 Å². The Morgan fingerprint density at radius 3 is 2.37 bits per heavy atom. The van der Waals surface area contributed by atoms with E-state index in [9.17, 15) is 0 Å². The number of nitrogens with one attached hydrogen (secondary N) is 1. The molecule has 0 saturated heterocycles. The van der Waals surface area contributed by atoms with E-state index in [0.717, 1.165) is 22.4 Å². The molecule has 1 heterocycles. The van der Waals surface area contributed by atoms with Crippen LogP contribution in [0, 0.1) is 0 Å². The van der Waals surface area contributed by atoms with Crippen molar-refractivity contribution in [3.05, 3.63) is 38.4 Å². The van der Waals surface area contributed by atoms with Gasteiger partial charge in [0, 0.05) is 7.05 Å². The van der Waals surface area contributed by atoms with Crippen LogP contribution in [0.5, 0.6) is 0 Å². The van der Waals surface area contributed by atoms with Crippen molar-refractivity contribution < 1.29 is 0 Å². The lowest BCUT2D eigenvalue weighted by molar-refractivity contribution is 0.991. The van der Waals surface area contributed by atoms with E-state index in [1.54, 1.807) is 18.2 Å². The lowest BCUT2D eigenvalue weighted by Crippen LogP contribution is -2.03. The van der Waals surface area contributed by atoms with Crippen molar-refractivity contribution in [2.75, 3.05) is 12.4 Å². The van der Waals surface area contributed by atoms with Crippen LogP contribution in [0.25, 0.3) is 11.4 Å². The zero-order valence-electron chi connectivity index (χ0n) is 10.5. The molecular weight excluding hydrogens is 349 g/mol. The van der Waals surface area contributed by atoms with Crippen molar-refractivity contribution in [3.8, 4) is 11.4 Å². The van der Waals surface area contributed by atoms with Crippen LogP contribution in [0.15, 0.2) is 22.7 Å². The second-order valence-electron chi connectivity index (χ2n) is 3.86. The minimum Gasteiger partial charge on any atom is -0.372 e. The first-order chi connectivity index (χ1) is 9.08. The average molecular weight is 361 g/mol. The van der Waals surface area contributed by atoms with Crippen molar-refractivity contribution >= 4 is 44.9 Å². The van der Waals surface area contributed by atoms with Gasteiger partial charge in [-0.05, 0) is 34.5 Å². The van der Waals surface area contributed by atoms with Crippen LogP contribution in [0.1, 0.15) is 12.6 Å². The highest BCUT2D eigenvalue weighted by molar-refractivity contribution is 9.10. The molecule has 1 aromatic carbocycles. The maximum absolute atomic E-state index is 6.20. The molecule has 6 heteroatoms. The predicted molar refractivity (Wildman–Crippen MR) is 84.1 cm³/mol. The van der Waals surface area contributed by atoms with Gasteiger partial charge in [0.25, 0.3) is 0 Å². The molecule has 2 aromatic rings. The Hall–Kier alpha value is -0.840. The number of benzene rings is 1. The van der Waals surface area contributed by atoms with Gasteiger partial charge in [-0.3, -0.25) is 0 Å². The number of hydrogen-bond acceptors (Lipinski definition) is 3. The molecule has 1 aromatic heterocycles. The van der Waals surface area contributed by atoms with Gasteiger partial charge in [0.15, 0.2) is 5.82 Å². The van der Waals surface area contributed by atoms with Crippen LogP contribution < -0.4 is 5.32 Å². The summed E-state index contributed by atoms with van der Waals surface area (Å²) in [5.74, 6) is 1.25. The summed E-state index contributed by atoms with van der Waals surface area (Å²) in [6, 6.07) is 5.35. The van der Waals surface area contributed by atoms with Crippen molar-refractivity contribution in [3.63, 3.8) is 0 Å². The fraction of sp³-hybridized carbons (Fsp3) is 0.231. The highest BCUT2D eigenvalue weighted by atomic mass is 79.9.